The van der Waals surface area contributed by atoms with Gasteiger partial charge >= 0.3 is 12.2 Å². The van der Waals surface area contributed by atoms with E-state index in [-0.39, 0.29) is 54.4 Å². The second kappa shape index (κ2) is 23.5. The minimum absolute atomic E-state index is 0.0418. The number of anilines is 1. The third kappa shape index (κ3) is 14.3. The lowest BCUT2D eigenvalue weighted by Gasteiger charge is -2.33. The van der Waals surface area contributed by atoms with Gasteiger partial charge in [-0.05, 0) is 118 Å². The lowest BCUT2D eigenvalue weighted by Crippen LogP contribution is -2.48. The summed E-state index contributed by atoms with van der Waals surface area (Å²) in [5, 5.41) is 28.6. The maximum Gasteiger partial charge on any atom is 0.408 e. The summed E-state index contributed by atoms with van der Waals surface area (Å²) >= 11 is 0. The number of carbonyl (C=O) groups is 3. The fourth-order valence-corrected chi connectivity index (χ4v) is 11.0. The predicted octanol–water partition coefficient (Wildman–Crippen LogP) is 6.99. The number of rotatable bonds is 21. The quantitative estimate of drug-likeness (QED) is 0.0566. The number of aromatic nitrogens is 4. The number of carbonyl (C=O) groups excluding carboxylic acids is 2. The van der Waals surface area contributed by atoms with Crippen LogP contribution in [0, 0.1) is 0 Å². The number of hydrogen-bond donors (Lipinski definition) is 4. The Morgan fingerprint density at radius 1 is 0.703 bits per heavy atom. The van der Waals surface area contributed by atoms with Crippen LogP contribution in [0.2, 0.25) is 0 Å². The number of tetrazole rings is 1. The van der Waals surface area contributed by atoms with E-state index < -0.39 is 72.2 Å². The van der Waals surface area contributed by atoms with Crippen LogP contribution in [0.3, 0.4) is 0 Å². The van der Waals surface area contributed by atoms with Crippen LogP contribution in [0.1, 0.15) is 58.2 Å². The molecule has 6 aromatic rings. The summed E-state index contributed by atoms with van der Waals surface area (Å²) in [4.78, 5) is 39.2. The van der Waals surface area contributed by atoms with Gasteiger partial charge in [-0.3, -0.25) is 4.79 Å². The molecule has 74 heavy (non-hydrogen) atoms. The zero-order chi connectivity index (χ0) is 54.0. The van der Waals surface area contributed by atoms with E-state index in [1.807, 2.05) is 0 Å². The molecule has 1 aromatic heterocycles. The lowest BCUT2D eigenvalue weighted by molar-refractivity contribution is -0.115. The molecule has 0 aliphatic carbocycles. The number of methoxy groups -OCH3 is 3. The molecular weight excluding hydrogens is 995 g/mol. The first-order valence-corrected chi connectivity index (χ1v) is 26.0. The minimum Gasteiger partial charge on any atom is -0.497 e. The molecule has 1 heterocycles. The first kappa shape index (κ1) is 55.7. The number of alkyl carbamates (subject to hydrolysis) is 1. The van der Waals surface area contributed by atoms with E-state index in [0.29, 0.717) is 33.9 Å². The highest BCUT2D eigenvalue weighted by atomic mass is 32.2. The van der Waals surface area contributed by atoms with Crippen LogP contribution in [0.25, 0.3) is 22.5 Å². The van der Waals surface area contributed by atoms with Gasteiger partial charge in [0.25, 0.3) is 0 Å². The van der Waals surface area contributed by atoms with E-state index in [1.54, 1.807) is 139 Å². The van der Waals surface area contributed by atoms with Crippen LogP contribution in [-0.4, -0.2) is 122 Å². The second-order valence-corrected chi connectivity index (χ2v) is 22.3. The SMILES string of the molecule is COc1ccc(CN(Cc2ccc(OC)cc2)S(=O)(=O)c2c(S(=O)(=O)NCCN(C(=O)O)C(C)(C)C)ccc(-c3ccccc3NC(=O)CNC(=O)OC(C)(C)C)c2-c2nnn(Cc3ccc(OC)cc3)n2)cc1. The molecule has 6 rings (SSSR count). The van der Waals surface area contributed by atoms with Crippen molar-refractivity contribution in [2.24, 2.45) is 0 Å². The third-order valence-corrected chi connectivity index (χ3v) is 14.7. The van der Waals surface area contributed by atoms with Crippen LogP contribution < -0.4 is 29.6 Å². The van der Waals surface area contributed by atoms with Gasteiger partial charge < -0.3 is 39.6 Å². The molecule has 0 aliphatic rings. The molecule has 23 heteroatoms. The average molecular weight is 1060 g/mol. The summed E-state index contributed by atoms with van der Waals surface area (Å²) in [6, 6.07) is 29.3. The Bertz CT molecular complexity index is 3110. The van der Waals surface area contributed by atoms with Gasteiger partial charge in [-0.25, -0.2) is 31.1 Å². The highest BCUT2D eigenvalue weighted by molar-refractivity contribution is 7.92. The van der Waals surface area contributed by atoms with E-state index in [1.165, 1.54) is 32.2 Å². The zero-order valence-corrected chi connectivity index (χ0v) is 44.2. The summed E-state index contributed by atoms with van der Waals surface area (Å²) in [5.74, 6) is 0.629. The molecule has 0 radical (unpaired) electrons. The molecule has 5 aromatic carbocycles. The number of nitrogens with zero attached hydrogens (tertiary/aromatic N) is 6. The fourth-order valence-electron chi connectivity index (χ4n) is 7.58. The first-order chi connectivity index (χ1) is 34.9. The molecule has 0 saturated carbocycles. The van der Waals surface area contributed by atoms with Crippen molar-refractivity contribution in [1.82, 2.24) is 39.5 Å². The van der Waals surface area contributed by atoms with Gasteiger partial charge in [-0.15, -0.1) is 10.2 Å². The molecule has 3 amide bonds. The molecule has 0 unspecified atom stereocenters. The molecule has 0 spiro atoms. The van der Waals surface area contributed by atoms with Gasteiger partial charge in [-0.2, -0.15) is 9.10 Å². The van der Waals surface area contributed by atoms with Crippen molar-refractivity contribution in [3.63, 3.8) is 0 Å². The third-order valence-electron chi connectivity index (χ3n) is 11.2. The van der Waals surface area contributed by atoms with Gasteiger partial charge in [0, 0.05) is 43.0 Å². The standard InChI is InChI=1S/C51H61N9O12S2/c1-50(2,3)59(49(63)64)29-28-53-73(65,66)43-27-26-41(40-12-10-11-13-42(40)54-44(61)30-52-48(62)72-51(4,5)6)45(47-55-57-60(56-47)33-36-18-24-39(71-9)25-19-36)46(43)74(67,68)58(31-34-14-20-37(69-7)21-15-34)32-35-16-22-38(70-8)23-17-35/h10-27,53H,28-33H2,1-9H3,(H,52,62)(H,54,61)(H,63,64). The number of amides is 3. The van der Waals surface area contributed by atoms with E-state index >= 15 is 8.42 Å². The monoisotopic (exact) mass is 1060 g/mol. The number of ether oxygens (including phenoxy) is 4. The predicted molar refractivity (Wildman–Crippen MR) is 276 cm³/mol. The summed E-state index contributed by atoms with van der Waals surface area (Å²) in [6.45, 7) is 8.17. The number of carboxylic acid groups (broad SMARTS) is 1. The Hall–Kier alpha value is -7.60. The van der Waals surface area contributed by atoms with E-state index in [4.69, 9.17) is 18.9 Å². The Kier molecular flexibility index (Phi) is 17.7. The van der Waals surface area contributed by atoms with Crippen molar-refractivity contribution >= 4 is 43.8 Å². The fraction of sp³-hybridized carbons (Fsp3) is 0.333. The van der Waals surface area contributed by atoms with Crippen molar-refractivity contribution < 1.29 is 55.3 Å². The largest absolute Gasteiger partial charge is 0.497 e. The van der Waals surface area contributed by atoms with Crippen molar-refractivity contribution in [2.45, 2.75) is 82.1 Å². The van der Waals surface area contributed by atoms with Gasteiger partial charge in [0.05, 0.1) is 33.4 Å². The number of sulfonamides is 2. The number of para-hydroxylation sites is 1. The smallest absolute Gasteiger partial charge is 0.408 e. The molecule has 0 fully saturated rings. The van der Waals surface area contributed by atoms with Crippen molar-refractivity contribution in [2.75, 3.05) is 46.3 Å². The Morgan fingerprint density at radius 3 is 1.76 bits per heavy atom. The highest BCUT2D eigenvalue weighted by Crippen LogP contribution is 2.43. The van der Waals surface area contributed by atoms with Crippen molar-refractivity contribution in [3.8, 4) is 39.8 Å². The number of nitrogens with one attached hydrogen (secondary N) is 3. The molecule has 21 nitrogen and oxygen atoms in total. The van der Waals surface area contributed by atoms with Crippen LogP contribution in [0.4, 0.5) is 15.3 Å². The van der Waals surface area contributed by atoms with Crippen LogP contribution in [0.15, 0.2) is 119 Å². The van der Waals surface area contributed by atoms with Crippen molar-refractivity contribution in [1.29, 1.82) is 0 Å². The van der Waals surface area contributed by atoms with E-state index in [9.17, 15) is 27.9 Å². The molecule has 394 valence electrons. The second-order valence-electron chi connectivity index (χ2n) is 18.7. The van der Waals surface area contributed by atoms with Crippen LogP contribution in [-0.2, 0) is 49.2 Å². The topological polar surface area (TPSA) is 263 Å². The van der Waals surface area contributed by atoms with Gasteiger partial charge in [0.1, 0.15) is 39.2 Å². The van der Waals surface area contributed by atoms with E-state index in [2.05, 4.69) is 30.8 Å². The lowest BCUT2D eigenvalue weighted by atomic mass is 9.97. The molecule has 0 bridgehead atoms. The normalized spacial score (nSPS) is 12.0. The summed E-state index contributed by atoms with van der Waals surface area (Å²) < 4.78 is 87.2. The summed E-state index contributed by atoms with van der Waals surface area (Å²) in [6.07, 6.45) is -2.13. The maximum atomic E-state index is 16.2. The van der Waals surface area contributed by atoms with Gasteiger partial charge in [-0.1, -0.05) is 60.7 Å². The molecule has 0 atom stereocenters. The zero-order valence-electron chi connectivity index (χ0n) is 42.6. The molecule has 0 aliphatic heterocycles. The number of benzene rings is 5. The maximum absolute atomic E-state index is 16.2. The Labute approximate surface area is 430 Å². The molecule has 0 saturated heterocycles. The Balaban J connectivity index is 1.62. The summed E-state index contributed by atoms with van der Waals surface area (Å²) in [7, 11) is -5.47. The van der Waals surface area contributed by atoms with E-state index in [0.717, 1.165) is 15.3 Å². The van der Waals surface area contributed by atoms with Gasteiger partial charge in [0.2, 0.25) is 31.8 Å². The van der Waals surface area contributed by atoms with Crippen molar-refractivity contribution in [3.05, 3.63) is 126 Å². The summed E-state index contributed by atoms with van der Waals surface area (Å²) in [5.41, 5.74) is 0.0511. The average Bonchev–Trinajstić information content (AvgIpc) is 3.81. The molecular formula is C51H61N9O12S2. The van der Waals surface area contributed by atoms with Crippen LogP contribution in [0.5, 0.6) is 17.2 Å². The first-order valence-electron chi connectivity index (χ1n) is 23.1. The Morgan fingerprint density at radius 2 is 1.24 bits per heavy atom. The van der Waals surface area contributed by atoms with Crippen LogP contribution >= 0.6 is 0 Å². The molecule has 4 N–H and O–H groups in total. The minimum atomic E-state index is -5.09. The number of hydrogen-bond acceptors (Lipinski definition) is 14. The van der Waals surface area contributed by atoms with Gasteiger partial charge in [0.15, 0.2) is 0 Å². The highest BCUT2D eigenvalue weighted by Gasteiger charge is 2.38.